The Kier molecular flexibility index (Phi) is 5.67. The van der Waals surface area contributed by atoms with E-state index in [1.807, 2.05) is 54.6 Å². The Morgan fingerprint density at radius 2 is 1.65 bits per heavy atom. The summed E-state index contributed by atoms with van der Waals surface area (Å²) < 4.78 is 5.44. The predicted molar refractivity (Wildman–Crippen MR) is 114 cm³/mol. The van der Waals surface area contributed by atoms with Gasteiger partial charge in [-0.1, -0.05) is 60.7 Å². The second-order valence-corrected chi connectivity index (χ2v) is 7.38. The van der Waals surface area contributed by atoms with Gasteiger partial charge >= 0.3 is 12.1 Å². The molecule has 0 aromatic heterocycles. The van der Waals surface area contributed by atoms with E-state index in [9.17, 15) is 14.7 Å². The van der Waals surface area contributed by atoms with E-state index in [1.54, 1.807) is 24.3 Å². The van der Waals surface area contributed by atoms with Crippen molar-refractivity contribution in [3.63, 3.8) is 0 Å². The lowest BCUT2D eigenvalue weighted by Gasteiger charge is -2.17. The van der Waals surface area contributed by atoms with Crippen LogP contribution in [0.2, 0.25) is 0 Å². The number of hydrogen-bond donors (Lipinski definition) is 2. The van der Waals surface area contributed by atoms with Gasteiger partial charge in [0.05, 0.1) is 11.6 Å². The fourth-order valence-electron chi connectivity index (χ4n) is 3.99. The number of hydrogen-bond acceptors (Lipinski definition) is 4. The first-order chi connectivity index (χ1) is 15.1. The fraction of sp³-hybridized carbons (Fsp3) is 0.160. The molecule has 154 valence electrons. The van der Waals surface area contributed by atoms with E-state index < -0.39 is 18.1 Å². The summed E-state index contributed by atoms with van der Waals surface area (Å²) in [5.74, 6) is -1.27. The Morgan fingerprint density at radius 1 is 1.00 bits per heavy atom. The second kappa shape index (κ2) is 8.72. The number of nitriles is 1. The van der Waals surface area contributed by atoms with Crippen LogP contribution in [0.25, 0.3) is 11.1 Å². The molecule has 3 aromatic carbocycles. The number of carboxylic acid groups (broad SMARTS) is 1. The summed E-state index contributed by atoms with van der Waals surface area (Å²) in [5, 5.41) is 21.0. The molecule has 1 unspecified atom stereocenters. The number of fused-ring (bicyclic) bond motifs is 3. The van der Waals surface area contributed by atoms with E-state index in [-0.39, 0.29) is 18.9 Å². The molecule has 1 amide bonds. The van der Waals surface area contributed by atoms with Crippen molar-refractivity contribution in [2.75, 3.05) is 6.61 Å². The number of amides is 1. The van der Waals surface area contributed by atoms with Crippen molar-refractivity contribution in [1.29, 1.82) is 5.26 Å². The van der Waals surface area contributed by atoms with Gasteiger partial charge in [-0.2, -0.15) is 5.26 Å². The van der Waals surface area contributed by atoms with Gasteiger partial charge in [0.25, 0.3) is 0 Å². The maximum atomic E-state index is 12.4. The van der Waals surface area contributed by atoms with Gasteiger partial charge in [-0.3, -0.25) is 0 Å². The molecule has 0 saturated heterocycles. The molecule has 3 aromatic rings. The number of ether oxygens (including phenoxy) is 1. The second-order valence-electron chi connectivity index (χ2n) is 7.38. The number of rotatable bonds is 6. The van der Waals surface area contributed by atoms with Crippen LogP contribution in [0.1, 0.15) is 28.2 Å². The van der Waals surface area contributed by atoms with E-state index in [0.29, 0.717) is 11.1 Å². The van der Waals surface area contributed by atoms with Crippen molar-refractivity contribution in [3.05, 3.63) is 95.1 Å². The minimum absolute atomic E-state index is 0.0506. The molecule has 0 aliphatic heterocycles. The van der Waals surface area contributed by atoms with Gasteiger partial charge in [-0.05, 0) is 39.9 Å². The van der Waals surface area contributed by atoms with E-state index in [1.165, 1.54) is 0 Å². The topological polar surface area (TPSA) is 99.4 Å². The summed E-state index contributed by atoms with van der Waals surface area (Å²) in [6.45, 7) is 0.107. The molecule has 1 aliphatic carbocycles. The van der Waals surface area contributed by atoms with Gasteiger partial charge in [0, 0.05) is 12.3 Å². The van der Waals surface area contributed by atoms with Gasteiger partial charge in [-0.25, -0.2) is 9.59 Å². The zero-order valence-corrected chi connectivity index (χ0v) is 16.6. The highest BCUT2D eigenvalue weighted by molar-refractivity contribution is 5.81. The normalized spacial score (nSPS) is 12.9. The Bertz CT molecular complexity index is 1140. The van der Waals surface area contributed by atoms with E-state index >= 15 is 0 Å². The van der Waals surface area contributed by atoms with Crippen LogP contribution in [-0.2, 0) is 16.0 Å². The van der Waals surface area contributed by atoms with Crippen molar-refractivity contribution < 1.29 is 19.4 Å². The maximum absolute atomic E-state index is 12.4. The Labute approximate surface area is 179 Å². The molecule has 2 N–H and O–H groups in total. The smallest absolute Gasteiger partial charge is 0.407 e. The molecule has 0 bridgehead atoms. The summed E-state index contributed by atoms with van der Waals surface area (Å²) in [7, 11) is 0. The lowest BCUT2D eigenvalue weighted by molar-refractivity contribution is -0.139. The fourth-order valence-corrected chi connectivity index (χ4v) is 3.99. The number of aliphatic carboxylic acids is 1. The monoisotopic (exact) mass is 412 g/mol. The van der Waals surface area contributed by atoms with Gasteiger partial charge in [-0.15, -0.1) is 0 Å². The lowest BCUT2D eigenvalue weighted by Crippen LogP contribution is -2.42. The van der Waals surface area contributed by atoms with Crippen molar-refractivity contribution in [1.82, 2.24) is 5.32 Å². The van der Waals surface area contributed by atoms with Crippen LogP contribution < -0.4 is 5.32 Å². The third-order valence-corrected chi connectivity index (χ3v) is 5.43. The number of nitrogens with zero attached hydrogens (tertiary/aromatic N) is 1. The van der Waals surface area contributed by atoms with Crippen LogP contribution in [0.15, 0.2) is 72.8 Å². The first kappa shape index (κ1) is 20.2. The first-order valence-electron chi connectivity index (χ1n) is 9.90. The molecule has 1 aliphatic rings. The van der Waals surface area contributed by atoms with Crippen LogP contribution in [0.5, 0.6) is 0 Å². The van der Waals surface area contributed by atoms with Crippen LogP contribution in [-0.4, -0.2) is 29.8 Å². The standard InChI is InChI=1S/C25H20N2O4/c26-14-17-7-5-6-16(12-17)13-23(24(28)29)27-25(30)31-15-22-20-10-3-1-8-18(20)19-9-2-4-11-21(19)22/h1-12,22-23H,13,15H2,(H,27,30)(H,28,29). The molecule has 1 atom stereocenters. The minimum atomic E-state index is -1.17. The van der Waals surface area contributed by atoms with Gasteiger partial charge < -0.3 is 15.2 Å². The number of alkyl carbamates (subject to hydrolysis) is 1. The van der Waals surface area contributed by atoms with Gasteiger partial charge in [0.2, 0.25) is 0 Å². The lowest BCUT2D eigenvalue weighted by atomic mass is 9.98. The van der Waals surface area contributed by atoms with Crippen molar-refractivity contribution in [2.24, 2.45) is 0 Å². The van der Waals surface area contributed by atoms with Crippen molar-refractivity contribution in [2.45, 2.75) is 18.4 Å². The molecular weight excluding hydrogens is 392 g/mol. The number of benzene rings is 3. The zero-order chi connectivity index (χ0) is 21.8. The third kappa shape index (κ3) is 4.26. The highest BCUT2D eigenvalue weighted by Crippen LogP contribution is 2.44. The molecule has 6 nitrogen and oxygen atoms in total. The third-order valence-electron chi connectivity index (χ3n) is 5.43. The van der Waals surface area contributed by atoms with Crippen molar-refractivity contribution >= 4 is 12.1 Å². The summed E-state index contributed by atoms with van der Waals surface area (Å²) in [6.07, 6.45) is -0.736. The molecule has 0 heterocycles. The molecule has 0 radical (unpaired) electrons. The highest BCUT2D eigenvalue weighted by atomic mass is 16.5. The van der Waals surface area contributed by atoms with E-state index in [0.717, 1.165) is 22.3 Å². The van der Waals surface area contributed by atoms with Gasteiger partial charge in [0.1, 0.15) is 12.6 Å². The number of carbonyl (C=O) groups is 2. The van der Waals surface area contributed by atoms with Crippen LogP contribution >= 0.6 is 0 Å². The number of carbonyl (C=O) groups excluding carboxylic acids is 1. The summed E-state index contributed by atoms with van der Waals surface area (Å²) in [6, 6.07) is 23.5. The predicted octanol–water partition coefficient (Wildman–Crippen LogP) is 4.09. The molecule has 31 heavy (non-hydrogen) atoms. The molecule has 0 fully saturated rings. The summed E-state index contributed by atoms with van der Waals surface area (Å²) in [5.41, 5.74) is 5.48. The average Bonchev–Trinajstić information content (AvgIpc) is 3.11. The first-order valence-corrected chi connectivity index (χ1v) is 9.90. The Morgan fingerprint density at radius 3 is 2.26 bits per heavy atom. The van der Waals surface area contributed by atoms with Crippen LogP contribution in [0.3, 0.4) is 0 Å². The molecule has 0 saturated carbocycles. The summed E-state index contributed by atoms with van der Waals surface area (Å²) in [4.78, 5) is 24.0. The molecular formula is C25H20N2O4. The minimum Gasteiger partial charge on any atom is -0.480 e. The SMILES string of the molecule is N#Cc1cccc(CC(NC(=O)OCC2c3ccccc3-c3ccccc32)C(=O)O)c1. The molecule has 6 heteroatoms. The summed E-state index contributed by atoms with van der Waals surface area (Å²) >= 11 is 0. The zero-order valence-electron chi connectivity index (χ0n) is 16.6. The van der Waals surface area contributed by atoms with Crippen LogP contribution in [0.4, 0.5) is 4.79 Å². The largest absolute Gasteiger partial charge is 0.480 e. The molecule has 0 spiro atoms. The van der Waals surface area contributed by atoms with Crippen molar-refractivity contribution in [3.8, 4) is 17.2 Å². The quantitative estimate of drug-likeness (QED) is 0.635. The Hall–Kier alpha value is -4.11. The molecule has 4 rings (SSSR count). The average molecular weight is 412 g/mol. The van der Waals surface area contributed by atoms with Crippen LogP contribution in [0, 0.1) is 11.3 Å². The Balaban J connectivity index is 1.43. The van der Waals surface area contributed by atoms with Gasteiger partial charge in [0.15, 0.2) is 0 Å². The number of carboxylic acids is 1. The number of nitrogens with one attached hydrogen (secondary N) is 1. The maximum Gasteiger partial charge on any atom is 0.407 e. The van der Waals surface area contributed by atoms with E-state index in [4.69, 9.17) is 10.00 Å². The van der Waals surface area contributed by atoms with E-state index in [2.05, 4.69) is 5.32 Å². The highest BCUT2D eigenvalue weighted by Gasteiger charge is 2.29.